The molecule has 0 saturated heterocycles. The fraction of sp³-hybridized carbons (Fsp3) is 0.303. The number of aryl methyl sites for hydroxylation is 6. The number of rotatable bonds is 12. The van der Waals surface area contributed by atoms with Crippen molar-refractivity contribution in [3.8, 4) is 22.3 Å². The first kappa shape index (κ1) is 129. The summed E-state index contributed by atoms with van der Waals surface area (Å²) in [7, 11) is -1.26. The Bertz CT molecular complexity index is 4300. The van der Waals surface area contributed by atoms with Gasteiger partial charge in [0.15, 0.2) is 5.78 Å². The molecule has 0 amide bonds. The predicted octanol–water partition coefficient (Wildman–Crippen LogP) is 38.4. The van der Waals surface area contributed by atoms with Crippen LogP contribution in [0.2, 0.25) is 0 Å². The topological polar surface area (TPSA) is 54.5 Å². The van der Waals surface area contributed by atoms with Gasteiger partial charge >= 0.3 is 0 Å². The molecule has 0 saturated carbocycles. The minimum Gasteiger partial charge on any atom is -0.345 e. The van der Waals surface area contributed by atoms with Crippen molar-refractivity contribution in [1.29, 1.82) is 0 Å². The Morgan fingerprint density at radius 2 is 0.386 bits per heavy atom. The zero-order chi connectivity index (χ0) is 97.9. The van der Waals surface area contributed by atoms with E-state index in [1.165, 1.54) is 89.3 Å². The van der Waals surface area contributed by atoms with E-state index in [-0.39, 0.29) is 5.78 Å². The lowest BCUT2D eigenvalue weighted by Crippen LogP contribution is -2.08. The standard InChI is InChI=1S/C16H18.C14H14.C13H13N.C13H10O.2C13H12.C12H10O2S.14C2H6/c1-11-5-12(2)8-15(7-11)16-9-13(3)6-14(4)10-16;1-11-5-3-7-13(9-11)14-8-4-6-12(2)10-14;1-14(12-8-4-2-5-9-12)13-10-6-3-7-11-13;14-13(11-7-3-1-4-8-11)12-9-5-2-6-10-12;2*1-3-7-12(8-4-1)11-13-9-5-2-6-10-13;13-15(14,11-7-3-1-4-8-11)12-9-5-2-6-10-12;14*1-2/h5-10H,1-4H3;3-10H,1-2H3;2-11H,1H3;1-10H;2*1-10H,11H2;1-10H;14*1-2H3. The molecule has 0 heterocycles. The molecular weight excluding hydrogens is 1560 g/mol. The van der Waals surface area contributed by atoms with E-state index in [4.69, 9.17) is 0 Å². The summed E-state index contributed by atoms with van der Waals surface area (Å²) < 4.78 is 24.1. The number of hydrogen-bond donors (Lipinski definition) is 0. The number of nitrogens with zero attached hydrogens (tertiary/aromatic N) is 1. The van der Waals surface area contributed by atoms with Gasteiger partial charge in [-0.05, 0) is 147 Å². The number of carbonyl (C=O) groups excluding carboxylic acids is 1. The van der Waals surface area contributed by atoms with E-state index in [1.807, 2.05) is 267 Å². The highest BCUT2D eigenvalue weighted by molar-refractivity contribution is 7.91. The van der Waals surface area contributed by atoms with Crippen LogP contribution >= 0.6 is 0 Å². The van der Waals surface area contributed by atoms with Gasteiger partial charge < -0.3 is 4.90 Å². The Balaban J connectivity index is -0.000000252. The largest absolute Gasteiger partial charge is 0.345 e. The first-order valence-electron chi connectivity index (χ1n) is 47.5. The summed E-state index contributed by atoms with van der Waals surface area (Å²) >= 11 is 0. The lowest BCUT2D eigenvalue weighted by atomic mass is 9.98. The number of anilines is 2. The van der Waals surface area contributed by atoms with Crippen molar-refractivity contribution in [2.45, 2.75) is 258 Å². The smallest absolute Gasteiger partial charge is 0.206 e. The maximum absolute atomic E-state index is 12.0. The van der Waals surface area contributed by atoms with Crippen molar-refractivity contribution in [3.05, 3.63) is 455 Å². The number of para-hydroxylation sites is 2. The molecule has 4 nitrogen and oxygen atoms in total. The van der Waals surface area contributed by atoms with E-state index in [1.54, 1.807) is 60.7 Å². The van der Waals surface area contributed by atoms with Gasteiger partial charge in [-0.3, -0.25) is 4.79 Å². The highest BCUT2D eigenvalue weighted by Crippen LogP contribution is 2.27. The van der Waals surface area contributed by atoms with E-state index < -0.39 is 9.84 Å². The summed E-state index contributed by atoms with van der Waals surface area (Å²) in [6.07, 6.45) is 2.06. The number of hydrogen-bond acceptors (Lipinski definition) is 4. The van der Waals surface area contributed by atoms with Gasteiger partial charge in [0.2, 0.25) is 9.84 Å². The Kier molecular flexibility index (Phi) is 93.4. The first-order chi connectivity index (χ1) is 62.2. The lowest BCUT2D eigenvalue weighted by molar-refractivity contribution is 0.103. The zero-order valence-corrected chi connectivity index (χ0v) is 86.8. The highest BCUT2D eigenvalue weighted by Gasteiger charge is 2.16. The molecule has 0 aliphatic rings. The third-order valence-electron chi connectivity index (χ3n) is 15.8. The highest BCUT2D eigenvalue weighted by atomic mass is 32.2. The molecule has 0 N–H and O–H groups in total. The Morgan fingerprint density at radius 3 is 0.591 bits per heavy atom. The second-order valence-corrected chi connectivity index (χ2v) is 26.2. The number of benzene rings is 14. The minimum atomic E-state index is -3.34. The molecule has 690 valence electrons. The van der Waals surface area contributed by atoms with Crippen LogP contribution in [0.15, 0.2) is 398 Å². The van der Waals surface area contributed by atoms with Crippen LogP contribution < -0.4 is 4.90 Å². The van der Waals surface area contributed by atoms with Gasteiger partial charge in [-0.2, -0.15) is 0 Å². The maximum Gasteiger partial charge on any atom is 0.206 e. The van der Waals surface area contributed by atoms with Crippen LogP contribution in [0.4, 0.5) is 11.4 Å². The van der Waals surface area contributed by atoms with Crippen LogP contribution in [0.25, 0.3) is 22.3 Å². The summed E-state index contributed by atoms with van der Waals surface area (Å²) in [5.74, 6) is 0.0752. The second kappa shape index (κ2) is 92.2. The van der Waals surface area contributed by atoms with Crippen molar-refractivity contribution in [3.63, 3.8) is 0 Å². The average Bonchev–Trinajstić information content (AvgIpc) is 0.798. The molecule has 0 unspecified atom stereocenters. The monoisotopic (exact) mass is 1730 g/mol. The molecule has 0 aliphatic heterocycles. The Hall–Kier alpha value is -11.5. The van der Waals surface area contributed by atoms with Crippen molar-refractivity contribution in [2.75, 3.05) is 11.9 Å². The van der Waals surface area contributed by atoms with Gasteiger partial charge in [-0.1, -0.05) is 567 Å². The fourth-order valence-corrected chi connectivity index (χ4v) is 12.2. The van der Waals surface area contributed by atoms with E-state index in [0.717, 1.165) is 24.0 Å². The number of ketones is 1. The van der Waals surface area contributed by atoms with Crippen molar-refractivity contribution in [2.24, 2.45) is 0 Å². The van der Waals surface area contributed by atoms with Crippen LogP contribution in [0.3, 0.4) is 0 Å². The summed E-state index contributed by atoms with van der Waals surface area (Å²) in [5.41, 5.74) is 22.5. The quantitative estimate of drug-likeness (QED) is 0.114. The molecule has 0 fully saturated rings. The van der Waals surface area contributed by atoms with Crippen LogP contribution in [0, 0.1) is 41.5 Å². The van der Waals surface area contributed by atoms with E-state index in [0.29, 0.717) is 9.79 Å². The third-order valence-corrected chi connectivity index (χ3v) is 17.6. The summed E-state index contributed by atoms with van der Waals surface area (Å²) in [4.78, 5) is 14.7. The van der Waals surface area contributed by atoms with E-state index >= 15 is 0 Å². The SMILES string of the molecule is CC.CC.CC.CC.CC.CC.CC.CC.CC.CC.CC.CC.CC.CC.CN(c1ccccc1)c1ccccc1.Cc1cc(C)cc(-c2cc(C)cc(C)c2)c1.Cc1cccc(-c2cccc(C)c2)c1.O=C(c1ccccc1)c1ccccc1.O=S(=O)(c1ccccc1)c1ccccc1.c1ccc(Cc2ccccc2)cc1.c1ccc(Cc2ccccc2)cc1. The molecule has 0 bridgehead atoms. The molecule has 14 aromatic rings. The summed E-state index contributed by atoms with van der Waals surface area (Å²) in [6.45, 7) is 68.9. The number of sulfone groups is 1. The number of carbonyl (C=O) groups is 1. The molecular formula is C122H173NO3S. The molecule has 0 aliphatic carbocycles. The Labute approximate surface area is 782 Å². The van der Waals surface area contributed by atoms with Gasteiger partial charge in [-0.15, -0.1) is 0 Å². The predicted molar refractivity (Wildman–Crippen MR) is 578 cm³/mol. The summed E-state index contributed by atoms with van der Waals surface area (Å²) in [5, 5.41) is 0. The second-order valence-electron chi connectivity index (χ2n) is 24.2. The van der Waals surface area contributed by atoms with Crippen molar-refractivity contribution >= 4 is 27.0 Å². The minimum absolute atomic E-state index is 0.0752. The van der Waals surface area contributed by atoms with Crippen LogP contribution in [-0.4, -0.2) is 21.2 Å². The molecule has 0 spiro atoms. The molecule has 14 rings (SSSR count). The molecule has 14 aromatic carbocycles. The normalized spacial score (nSPS) is 8.59. The molecule has 5 heteroatoms. The third kappa shape index (κ3) is 59.2. The molecule has 127 heavy (non-hydrogen) atoms. The maximum atomic E-state index is 12.0. The van der Waals surface area contributed by atoms with Crippen molar-refractivity contribution in [1.82, 2.24) is 0 Å². The fourth-order valence-electron chi connectivity index (χ4n) is 10.9. The van der Waals surface area contributed by atoms with Gasteiger partial charge in [-0.25, -0.2) is 8.42 Å². The van der Waals surface area contributed by atoms with Crippen molar-refractivity contribution < 1.29 is 13.2 Å². The summed E-state index contributed by atoms with van der Waals surface area (Å²) in [6, 6.07) is 129. The van der Waals surface area contributed by atoms with Gasteiger partial charge in [0, 0.05) is 29.5 Å². The van der Waals surface area contributed by atoms with Gasteiger partial charge in [0.05, 0.1) is 9.79 Å². The molecule has 0 atom stereocenters. The van der Waals surface area contributed by atoms with Crippen LogP contribution in [0.1, 0.15) is 265 Å². The van der Waals surface area contributed by atoms with Gasteiger partial charge in [0.1, 0.15) is 0 Å². The molecule has 0 radical (unpaired) electrons. The van der Waals surface area contributed by atoms with E-state index in [2.05, 4.69) is 308 Å². The van der Waals surface area contributed by atoms with Crippen LogP contribution in [-0.2, 0) is 22.7 Å². The Morgan fingerprint density at radius 1 is 0.205 bits per heavy atom. The lowest BCUT2D eigenvalue weighted by Gasteiger charge is -2.18. The average molecular weight is 1730 g/mol. The van der Waals surface area contributed by atoms with Crippen LogP contribution in [0.5, 0.6) is 0 Å². The molecule has 0 aromatic heterocycles. The first-order valence-corrected chi connectivity index (χ1v) is 49.0. The van der Waals surface area contributed by atoms with Gasteiger partial charge in [0.25, 0.3) is 0 Å². The zero-order valence-electron chi connectivity index (χ0n) is 85.9. The van der Waals surface area contributed by atoms with E-state index in [9.17, 15) is 13.2 Å².